The Kier molecular flexibility index (Phi) is 12.0. The Morgan fingerprint density at radius 1 is 0.837 bits per heavy atom. The van der Waals surface area contributed by atoms with Crippen LogP contribution in [0, 0.1) is 5.92 Å². The third-order valence-corrected chi connectivity index (χ3v) is 13.6. The minimum atomic E-state index is -0.416. The van der Waals surface area contributed by atoms with Gasteiger partial charge in [-0.25, -0.2) is 0 Å². The lowest BCUT2D eigenvalue weighted by molar-refractivity contribution is -0.0788. The average Bonchev–Trinajstić information content (AvgIpc) is 3.35. The Bertz CT molecular complexity index is 1450. The summed E-state index contributed by atoms with van der Waals surface area (Å²) in [7, 11) is 1.40. The van der Waals surface area contributed by atoms with Gasteiger partial charge in [0.1, 0.15) is 0 Å². The van der Waals surface area contributed by atoms with Crippen LogP contribution in [0.2, 0.25) is 0 Å². The van der Waals surface area contributed by atoms with Crippen molar-refractivity contribution in [1.82, 2.24) is 0 Å². The van der Waals surface area contributed by atoms with Crippen LogP contribution in [-0.2, 0) is 42.1 Å². The standard InChI is InChI=1S/C42H64BBrO5/c1-12-29(4)17-15-19-42(20-16-18-41(10,14-3)47-22-21-40(9,13-2)45-11)34-25-32(43-48-38(5,6)39(7,8)49-43)23-30-27-46-28-31-24-33(44)26-35(42)37(31)36(30)34/h23-26,29H,12-22,27-28H2,1-11H3. The number of hydrogen-bond donors (Lipinski definition) is 0. The first-order valence-electron chi connectivity index (χ1n) is 19.2. The molecule has 0 spiro atoms. The summed E-state index contributed by atoms with van der Waals surface area (Å²) in [6.07, 6.45) is 10.8. The van der Waals surface area contributed by atoms with Crippen molar-refractivity contribution in [2.24, 2.45) is 5.92 Å². The van der Waals surface area contributed by atoms with E-state index >= 15 is 0 Å². The molecule has 0 amide bonds. The molecule has 272 valence electrons. The molecule has 7 heteroatoms. The van der Waals surface area contributed by atoms with E-state index in [2.05, 4.69) is 109 Å². The highest BCUT2D eigenvalue weighted by Gasteiger charge is 2.53. The van der Waals surface area contributed by atoms with Gasteiger partial charge in [-0.15, -0.1) is 0 Å². The number of halogens is 1. The first kappa shape index (κ1) is 39.0. The van der Waals surface area contributed by atoms with E-state index in [1.165, 1.54) is 52.6 Å². The second kappa shape index (κ2) is 15.0. The van der Waals surface area contributed by atoms with E-state index in [-0.39, 0.29) is 16.6 Å². The van der Waals surface area contributed by atoms with Crippen molar-refractivity contribution in [2.45, 2.75) is 174 Å². The van der Waals surface area contributed by atoms with E-state index < -0.39 is 18.3 Å². The molecule has 0 bridgehead atoms. The lowest BCUT2D eigenvalue weighted by Gasteiger charge is -2.36. The molecule has 0 N–H and O–H groups in total. The van der Waals surface area contributed by atoms with Gasteiger partial charge in [0.15, 0.2) is 0 Å². The monoisotopic (exact) mass is 738 g/mol. The Labute approximate surface area is 307 Å². The third kappa shape index (κ3) is 7.79. The van der Waals surface area contributed by atoms with Crippen LogP contribution in [-0.4, -0.2) is 43.2 Å². The van der Waals surface area contributed by atoms with Gasteiger partial charge >= 0.3 is 7.12 Å². The van der Waals surface area contributed by atoms with Crippen molar-refractivity contribution in [3.63, 3.8) is 0 Å². The van der Waals surface area contributed by atoms with Crippen LogP contribution >= 0.6 is 15.9 Å². The summed E-state index contributed by atoms with van der Waals surface area (Å²) in [5.41, 5.74) is 8.11. The lowest BCUT2D eigenvalue weighted by atomic mass is 9.67. The average molecular weight is 740 g/mol. The van der Waals surface area contributed by atoms with Crippen molar-refractivity contribution in [3.05, 3.63) is 51.0 Å². The zero-order chi connectivity index (χ0) is 35.8. The fraction of sp³-hybridized carbons (Fsp3) is 0.714. The number of methoxy groups -OCH3 is 1. The van der Waals surface area contributed by atoms with Gasteiger partial charge in [0, 0.05) is 17.0 Å². The first-order valence-corrected chi connectivity index (χ1v) is 20.0. The van der Waals surface area contributed by atoms with Crippen LogP contribution in [0.5, 0.6) is 0 Å². The minimum absolute atomic E-state index is 0.117. The second-order valence-electron chi connectivity index (χ2n) is 16.9. The van der Waals surface area contributed by atoms with Crippen molar-refractivity contribution in [2.75, 3.05) is 13.7 Å². The molecule has 4 unspecified atom stereocenters. The molecule has 0 aromatic heterocycles. The summed E-state index contributed by atoms with van der Waals surface area (Å²) in [5, 5.41) is 0. The van der Waals surface area contributed by atoms with Gasteiger partial charge in [-0.2, -0.15) is 0 Å². The number of ether oxygens (including phenoxy) is 3. The molecule has 2 aromatic carbocycles. The Balaban J connectivity index is 1.55. The summed E-state index contributed by atoms with van der Waals surface area (Å²) in [4.78, 5) is 0. The predicted octanol–water partition coefficient (Wildman–Crippen LogP) is 10.8. The van der Waals surface area contributed by atoms with E-state index in [1.54, 1.807) is 0 Å². The van der Waals surface area contributed by atoms with E-state index in [1.807, 2.05) is 7.11 Å². The Hall–Kier alpha value is -1.22. The zero-order valence-electron chi connectivity index (χ0n) is 32.6. The summed E-state index contributed by atoms with van der Waals surface area (Å²) in [5.74, 6) is 0.715. The lowest BCUT2D eigenvalue weighted by Crippen LogP contribution is -2.41. The molecule has 49 heavy (non-hydrogen) atoms. The Morgan fingerprint density at radius 2 is 1.43 bits per heavy atom. The molecular formula is C42H64BBrO5. The smallest absolute Gasteiger partial charge is 0.399 e. The molecule has 2 aromatic rings. The topological polar surface area (TPSA) is 46.2 Å². The quantitative estimate of drug-likeness (QED) is 0.151. The molecule has 1 fully saturated rings. The van der Waals surface area contributed by atoms with Crippen LogP contribution in [0.15, 0.2) is 28.7 Å². The number of rotatable bonds is 17. The van der Waals surface area contributed by atoms with Crippen LogP contribution in [0.4, 0.5) is 0 Å². The van der Waals surface area contributed by atoms with Crippen molar-refractivity contribution in [1.29, 1.82) is 0 Å². The van der Waals surface area contributed by atoms with Crippen LogP contribution in [0.3, 0.4) is 0 Å². The van der Waals surface area contributed by atoms with Gasteiger partial charge in [0.2, 0.25) is 0 Å². The van der Waals surface area contributed by atoms with E-state index in [0.29, 0.717) is 25.7 Å². The maximum atomic E-state index is 6.71. The zero-order valence-corrected chi connectivity index (χ0v) is 34.2. The molecule has 2 aliphatic heterocycles. The number of hydrogen-bond acceptors (Lipinski definition) is 5. The predicted molar refractivity (Wildman–Crippen MR) is 207 cm³/mol. The fourth-order valence-electron chi connectivity index (χ4n) is 8.17. The highest BCUT2D eigenvalue weighted by molar-refractivity contribution is 9.10. The fourth-order valence-corrected chi connectivity index (χ4v) is 8.67. The number of benzene rings is 2. The van der Waals surface area contributed by atoms with Crippen LogP contribution < -0.4 is 5.46 Å². The summed E-state index contributed by atoms with van der Waals surface area (Å²) >= 11 is 3.94. The molecule has 0 radical (unpaired) electrons. The third-order valence-electron chi connectivity index (χ3n) is 13.1. The van der Waals surface area contributed by atoms with E-state index in [4.69, 9.17) is 23.5 Å². The largest absolute Gasteiger partial charge is 0.494 e. The molecule has 3 aliphatic rings. The molecule has 1 saturated heterocycles. The first-order chi connectivity index (χ1) is 23.1. The van der Waals surface area contributed by atoms with E-state index in [0.717, 1.165) is 54.9 Å². The maximum absolute atomic E-state index is 6.71. The minimum Gasteiger partial charge on any atom is -0.399 e. The van der Waals surface area contributed by atoms with Gasteiger partial charge in [0.25, 0.3) is 0 Å². The van der Waals surface area contributed by atoms with Crippen LogP contribution in [0.1, 0.15) is 156 Å². The second-order valence-corrected chi connectivity index (χ2v) is 17.8. The van der Waals surface area contributed by atoms with Crippen molar-refractivity contribution < 1.29 is 23.5 Å². The highest BCUT2D eigenvalue weighted by atomic mass is 79.9. The summed E-state index contributed by atoms with van der Waals surface area (Å²) in [6.45, 7) is 24.2. The van der Waals surface area contributed by atoms with Gasteiger partial charge in [0.05, 0.1) is 42.2 Å². The SMILES string of the molecule is CCC(C)CCCC1(CCCC(C)(CC)OCCC(C)(CC)OC)c2cc(Br)cc3c2-c2c(cc(B4OC(C)(C)C(C)(C)O4)cc21)COC3. The molecule has 5 nitrogen and oxygen atoms in total. The molecule has 2 heterocycles. The van der Waals surface area contributed by atoms with Gasteiger partial charge in [-0.05, 0) is 143 Å². The highest BCUT2D eigenvalue weighted by Crippen LogP contribution is 2.58. The Morgan fingerprint density at radius 3 is 2.02 bits per heavy atom. The molecule has 0 saturated carbocycles. The van der Waals surface area contributed by atoms with Crippen molar-refractivity contribution in [3.8, 4) is 11.1 Å². The van der Waals surface area contributed by atoms with Gasteiger partial charge < -0.3 is 23.5 Å². The van der Waals surface area contributed by atoms with Gasteiger partial charge in [-0.3, -0.25) is 0 Å². The molecule has 5 rings (SSSR count). The molecule has 4 atom stereocenters. The van der Waals surface area contributed by atoms with Gasteiger partial charge in [-0.1, -0.05) is 75.0 Å². The normalized spacial score (nSPS) is 23.6. The van der Waals surface area contributed by atoms with E-state index in [9.17, 15) is 0 Å². The van der Waals surface area contributed by atoms with Crippen LogP contribution in [0.25, 0.3) is 11.1 Å². The molecule has 1 aliphatic carbocycles. The van der Waals surface area contributed by atoms with Crippen molar-refractivity contribution >= 4 is 28.5 Å². The molecular weight excluding hydrogens is 675 g/mol. The maximum Gasteiger partial charge on any atom is 0.494 e. The summed E-state index contributed by atoms with van der Waals surface area (Å²) < 4.78 is 33.4. The summed E-state index contributed by atoms with van der Waals surface area (Å²) in [6, 6.07) is 9.47.